The Hall–Kier alpha value is -1.37. The molecule has 0 fully saturated rings. The number of aryl methyl sites for hydroxylation is 1. The van der Waals surface area contributed by atoms with Gasteiger partial charge in [-0.1, -0.05) is 34.1 Å². The Morgan fingerprint density at radius 1 is 1.19 bits per heavy atom. The zero-order chi connectivity index (χ0) is 15.6. The summed E-state index contributed by atoms with van der Waals surface area (Å²) in [6, 6.07) is 11.6. The summed E-state index contributed by atoms with van der Waals surface area (Å²) in [7, 11) is -3.69. The van der Waals surface area contributed by atoms with Crippen LogP contribution in [0.4, 0.5) is 5.69 Å². The van der Waals surface area contributed by atoms with E-state index in [1.807, 2.05) is 6.92 Å². The van der Waals surface area contributed by atoms with Crippen LogP contribution in [0.5, 0.6) is 0 Å². The van der Waals surface area contributed by atoms with E-state index in [0.29, 0.717) is 11.3 Å². The van der Waals surface area contributed by atoms with Gasteiger partial charge in [-0.15, -0.1) is 0 Å². The standard InChI is InChI=1S/C15H16BrNO3S/c1-10-9-12(7-8-14(10)16)21(19,20)17-15-6-4-3-5-13(15)11(2)18/h3-9,11,17-18H,1-2H3. The zero-order valence-corrected chi connectivity index (χ0v) is 14.1. The highest BCUT2D eigenvalue weighted by Crippen LogP contribution is 2.26. The molecule has 112 valence electrons. The Morgan fingerprint density at radius 2 is 1.86 bits per heavy atom. The van der Waals surface area contributed by atoms with Gasteiger partial charge in [0.05, 0.1) is 16.7 Å². The van der Waals surface area contributed by atoms with Gasteiger partial charge in [0.25, 0.3) is 10.0 Å². The third kappa shape index (κ3) is 3.64. The number of nitrogens with one attached hydrogen (secondary N) is 1. The van der Waals surface area contributed by atoms with Gasteiger partial charge in [0, 0.05) is 10.0 Å². The Labute approximate surface area is 133 Å². The Morgan fingerprint density at radius 3 is 2.48 bits per heavy atom. The second kappa shape index (κ2) is 6.17. The minimum absolute atomic E-state index is 0.184. The summed E-state index contributed by atoms with van der Waals surface area (Å²) in [4.78, 5) is 0.184. The first-order valence-corrected chi connectivity index (χ1v) is 8.65. The maximum atomic E-state index is 12.4. The summed E-state index contributed by atoms with van der Waals surface area (Å²) in [5, 5.41) is 9.71. The van der Waals surface area contributed by atoms with Gasteiger partial charge in [0.15, 0.2) is 0 Å². The fourth-order valence-corrected chi connectivity index (χ4v) is 3.36. The number of anilines is 1. The predicted octanol–water partition coefficient (Wildman–Crippen LogP) is 3.61. The van der Waals surface area contributed by atoms with Crippen LogP contribution in [-0.4, -0.2) is 13.5 Å². The first kappa shape index (κ1) is 16.0. The van der Waals surface area contributed by atoms with E-state index in [1.165, 1.54) is 6.07 Å². The number of benzene rings is 2. The molecule has 2 aromatic rings. The minimum Gasteiger partial charge on any atom is -0.389 e. The highest BCUT2D eigenvalue weighted by atomic mass is 79.9. The largest absolute Gasteiger partial charge is 0.389 e. The molecular formula is C15H16BrNO3S. The molecule has 0 saturated carbocycles. The lowest BCUT2D eigenvalue weighted by Gasteiger charge is -2.14. The van der Waals surface area contributed by atoms with Crippen molar-refractivity contribution >= 4 is 31.6 Å². The highest BCUT2D eigenvalue weighted by Gasteiger charge is 2.17. The van der Waals surface area contributed by atoms with Crippen LogP contribution in [0.2, 0.25) is 0 Å². The molecule has 1 atom stereocenters. The Balaban J connectivity index is 2.40. The molecule has 21 heavy (non-hydrogen) atoms. The number of para-hydroxylation sites is 1. The van der Waals surface area contributed by atoms with Crippen LogP contribution in [0.15, 0.2) is 51.8 Å². The van der Waals surface area contributed by atoms with E-state index in [-0.39, 0.29) is 4.90 Å². The first-order valence-electron chi connectivity index (χ1n) is 6.37. The molecule has 2 aromatic carbocycles. The van der Waals surface area contributed by atoms with Gasteiger partial charge in [0.1, 0.15) is 0 Å². The third-order valence-corrected chi connectivity index (χ3v) is 5.35. The van der Waals surface area contributed by atoms with Crippen molar-refractivity contribution in [2.75, 3.05) is 4.72 Å². The number of rotatable bonds is 4. The van der Waals surface area contributed by atoms with Crippen molar-refractivity contribution in [3.05, 3.63) is 58.1 Å². The van der Waals surface area contributed by atoms with E-state index in [4.69, 9.17) is 0 Å². The van der Waals surface area contributed by atoms with Crippen LogP contribution in [0.25, 0.3) is 0 Å². The van der Waals surface area contributed by atoms with Crippen LogP contribution in [0.3, 0.4) is 0 Å². The summed E-state index contributed by atoms with van der Waals surface area (Å²) in [6.07, 6.45) is -0.754. The lowest BCUT2D eigenvalue weighted by atomic mass is 10.1. The molecule has 0 aromatic heterocycles. The normalized spacial score (nSPS) is 13.0. The molecule has 0 bridgehead atoms. The van der Waals surface area contributed by atoms with Crippen LogP contribution in [0.1, 0.15) is 24.2 Å². The second-order valence-electron chi connectivity index (χ2n) is 4.78. The summed E-state index contributed by atoms with van der Waals surface area (Å²) in [5.74, 6) is 0. The van der Waals surface area contributed by atoms with Crippen molar-refractivity contribution in [3.8, 4) is 0 Å². The maximum Gasteiger partial charge on any atom is 0.261 e. The minimum atomic E-state index is -3.69. The van der Waals surface area contributed by atoms with Crippen LogP contribution in [-0.2, 0) is 10.0 Å². The summed E-state index contributed by atoms with van der Waals surface area (Å²) in [6.45, 7) is 3.42. The van der Waals surface area contributed by atoms with Crippen LogP contribution >= 0.6 is 15.9 Å². The molecule has 0 radical (unpaired) electrons. The van der Waals surface area contributed by atoms with Gasteiger partial charge >= 0.3 is 0 Å². The predicted molar refractivity (Wildman–Crippen MR) is 86.8 cm³/mol. The van der Waals surface area contributed by atoms with Crippen molar-refractivity contribution in [2.45, 2.75) is 24.8 Å². The number of aliphatic hydroxyl groups excluding tert-OH is 1. The van der Waals surface area contributed by atoms with E-state index >= 15 is 0 Å². The summed E-state index contributed by atoms with van der Waals surface area (Å²) < 4.78 is 28.2. The lowest BCUT2D eigenvalue weighted by molar-refractivity contribution is 0.200. The van der Waals surface area contributed by atoms with E-state index in [9.17, 15) is 13.5 Å². The fraction of sp³-hybridized carbons (Fsp3) is 0.200. The second-order valence-corrected chi connectivity index (χ2v) is 7.32. The highest BCUT2D eigenvalue weighted by molar-refractivity contribution is 9.10. The Bertz CT molecular complexity index is 757. The van der Waals surface area contributed by atoms with E-state index in [1.54, 1.807) is 43.3 Å². The number of sulfonamides is 1. The van der Waals surface area contributed by atoms with E-state index < -0.39 is 16.1 Å². The number of aliphatic hydroxyl groups is 1. The molecule has 0 spiro atoms. The van der Waals surface area contributed by atoms with Gasteiger partial charge in [-0.3, -0.25) is 4.72 Å². The fourth-order valence-electron chi connectivity index (χ4n) is 1.94. The molecule has 0 aliphatic heterocycles. The quantitative estimate of drug-likeness (QED) is 0.864. The molecule has 0 saturated heterocycles. The average Bonchev–Trinajstić information content (AvgIpc) is 2.41. The smallest absolute Gasteiger partial charge is 0.261 e. The molecule has 6 heteroatoms. The SMILES string of the molecule is Cc1cc(S(=O)(=O)Nc2ccccc2C(C)O)ccc1Br. The molecule has 0 amide bonds. The summed E-state index contributed by atoms with van der Waals surface area (Å²) in [5.41, 5.74) is 1.75. The lowest BCUT2D eigenvalue weighted by Crippen LogP contribution is -2.15. The number of hydrogen-bond donors (Lipinski definition) is 2. The molecule has 2 N–H and O–H groups in total. The Kier molecular flexibility index (Phi) is 4.70. The van der Waals surface area contributed by atoms with Gasteiger partial charge in [0.2, 0.25) is 0 Å². The summed E-state index contributed by atoms with van der Waals surface area (Å²) >= 11 is 3.35. The number of halogens is 1. The van der Waals surface area contributed by atoms with E-state index in [2.05, 4.69) is 20.7 Å². The van der Waals surface area contributed by atoms with E-state index in [0.717, 1.165) is 10.0 Å². The van der Waals surface area contributed by atoms with Crippen molar-refractivity contribution in [1.82, 2.24) is 0 Å². The van der Waals surface area contributed by atoms with Crippen molar-refractivity contribution < 1.29 is 13.5 Å². The molecule has 0 aliphatic carbocycles. The van der Waals surface area contributed by atoms with Crippen molar-refractivity contribution in [1.29, 1.82) is 0 Å². The molecule has 0 aliphatic rings. The molecule has 0 heterocycles. The zero-order valence-electron chi connectivity index (χ0n) is 11.7. The maximum absolute atomic E-state index is 12.4. The van der Waals surface area contributed by atoms with Gasteiger partial charge in [-0.2, -0.15) is 0 Å². The van der Waals surface area contributed by atoms with Crippen molar-refractivity contribution in [3.63, 3.8) is 0 Å². The number of hydrogen-bond acceptors (Lipinski definition) is 3. The molecule has 2 rings (SSSR count). The van der Waals surface area contributed by atoms with Gasteiger partial charge in [-0.25, -0.2) is 8.42 Å². The average molecular weight is 370 g/mol. The molecule has 4 nitrogen and oxygen atoms in total. The third-order valence-electron chi connectivity index (χ3n) is 3.09. The molecular weight excluding hydrogens is 354 g/mol. The molecule has 1 unspecified atom stereocenters. The topological polar surface area (TPSA) is 66.4 Å². The van der Waals surface area contributed by atoms with Crippen molar-refractivity contribution in [2.24, 2.45) is 0 Å². The van der Waals surface area contributed by atoms with Gasteiger partial charge < -0.3 is 5.11 Å². The van der Waals surface area contributed by atoms with Crippen LogP contribution in [0, 0.1) is 6.92 Å². The van der Waals surface area contributed by atoms with Gasteiger partial charge in [-0.05, 0) is 43.7 Å². The van der Waals surface area contributed by atoms with Crippen LogP contribution < -0.4 is 4.72 Å². The first-order chi connectivity index (χ1) is 9.81. The monoisotopic (exact) mass is 369 g/mol.